The third-order valence-electron chi connectivity index (χ3n) is 3.90. The maximum Gasteiger partial charge on any atom is 0.315 e. The van der Waals surface area contributed by atoms with Gasteiger partial charge in [0.15, 0.2) is 0 Å². The van der Waals surface area contributed by atoms with Crippen LogP contribution in [0.15, 0.2) is 30.6 Å². The van der Waals surface area contributed by atoms with Crippen molar-refractivity contribution in [3.05, 3.63) is 47.5 Å². The standard InChI is InChI=1S/C18H25FN4O2/c1-4-5-15(24)10-20-18(25)22-13(3)14-6-7-17(16(19)8-14)23-11-12(2)9-21-23/h6-9,11,13,15,24H,4-5,10H2,1-3H3,(H2,20,22,25). The van der Waals surface area contributed by atoms with Crippen molar-refractivity contribution in [3.8, 4) is 5.69 Å². The van der Waals surface area contributed by atoms with Gasteiger partial charge in [0, 0.05) is 12.7 Å². The Morgan fingerprint density at radius 2 is 2.20 bits per heavy atom. The molecule has 2 aromatic rings. The van der Waals surface area contributed by atoms with Gasteiger partial charge in [-0.05, 0) is 43.5 Å². The first-order valence-corrected chi connectivity index (χ1v) is 8.44. The number of hydrogen-bond donors (Lipinski definition) is 3. The molecule has 1 aromatic heterocycles. The fraction of sp³-hybridized carbons (Fsp3) is 0.444. The smallest absolute Gasteiger partial charge is 0.315 e. The molecule has 0 saturated heterocycles. The van der Waals surface area contributed by atoms with Crippen molar-refractivity contribution >= 4 is 6.03 Å². The molecule has 7 heteroatoms. The van der Waals surface area contributed by atoms with Crippen molar-refractivity contribution in [3.63, 3.8) is 0 Å². The third kappa shape index (κ3) is 5.29. The SMILES string of the molecule is CCCC(O)CNC(=O)NC(C)c1ccc(-n2cc(C)cn2)c(F)c1. The molecule has 0 fully saturated rings. The monoisotopic (exact) mass is 348 g/mol. The third-order valence-corrected chi connectivity index (χ3v) is 3.90. The lowest BCUT2D eigenvalue weighted by Crippen LogP contribution is -2.40. The van der Waals surface area contributed by atoms with E-state index >= 15 is 0 Å². The highest BCUT2D eigenvalue weighted by atomic mass is 19.1. The lowest BCUT2D eigenvalue weighted by atomic mass is 10.1. The van der Waals surface area contributed by atoms with E-state index in [1.807, 2.05) is 13.8 Å². The highest BCUT2D eigenvalue weighted by molar-refractivity contribution is 5.74. The fourth-order valence-corrected chi connectivity index (χ4v) is 2.50. The first-order chi connectivity index (χ1) is 11.9. The lowest BCUT2D eigenvalue weighted by Gasteiger charge is -2.17. The molecule has 25 heavy (non-hydrogen) atoms. The zero-order valence-corrected chi connectivity index (χ0v) is 14.8. The quantitative estimate of drug-likeness (QED) is 0.720. The van der Waals surface area contributed by atoms with E-state index in [1.165, 1.54) is 10.7 Å². The van der Waals surface area contributed by atoms with Gasteiger partial charge in [-0.1, -0.05) is 19.4 Å². The molecule has 6 nitrogen and oxygen atoms in total. The van der Waals surface area contributed by atoms with Crippen LogP contribution in [-0.4, -0.2) is 33.6 Å². The summed E-state index contributed by atoms with van der Waals surface area (Å²) in [6.45, 7) is 5.82. The van der Waals surface area contributed by atoms with Crippen LogP contribution in [-0.2, 0) is 0 Å². The molecule has 0 aliphatic rings. The predicted octanol–water partition coefficient (Wildman–Crippen LogP) is 2.84. The molecule has 0 radical (unpaired) electrons. The van der Waals surface area contributed by atoms with E-state index in [-0.39, 0.29) is 12.6 Å². The number of hydrogen-bond acceptors (Lipinski definition) is 3. The number of nitrogens with zero attached hydrogens (tertiary/aromatic N) is 2. The van der Waals surface area contributed by atoms with E-state index < -0.39 is 18.0 Å². The van der Waals surface area contributed by atoms with Crippen LogP contribution in [0.4, 0.5) is 9.18 Å². The number of benzene rings is 1. The molecular weight excluding hydrogens is 323 g/mol. The van der Waals surface area contributed by atoms with Gasteiger partial charge < -0.3 is 15.7 Å². The van der Waals surface area contributed by atoms with Crippen LogP contribution in [0.25, 0.3) is 5.69 Å². The molecule has 3 N–H and O–H groups in total. The first-order valence-electron chi connectivity index (χ1n) is 8.44. The minimum atomic E-state index is -0.555. The summed E-state index contributed by atoms with van der Waals surface area (Å²) in [4.78, 5) is 11.9. The van der Waals surface area contributed by atoms with Gasteiger partial charge in [-0.2, -0.15) is 5.10 Å². The van der Waals surface area contributed by atoms with E-state index in [9.17, 15) is 14.3 Å². The number of amides is 2. The molecule has 0 aliphatic heterocycles. The molecule has 2 amide bonds. The number of rotatable bonds is 7. The maximum absolute atomic E-state index is 14.4. The molecular formula is C18H25FN4O2. The van der Waals surface area contributed by atoms with Gasteiger partial charge in [0.1, 0.15) is 11.5 Å². The maximum atomic E-state index is 14.4. The largest absolute Gasteiger partial charge is 0.391 e. The van der Waals surface area contributed by atoms with Gasteiger partial charge in [-0.25, -0.2) is 13.9 Å². The van der Waals surface area contributed by atoms with E-state index in [1.54, 1.807) is 31.5 Å². The van der Waals surface area contributed by atoms with E-state index in [0.717, 1.165) is 12.0 Å². The van der Waals surface area contributed by atoms with Gasteiger partial charge in [0.25, 0.3) is 0 Å². The molecule has 2 rings (SSSR count). The van der Waals surface area contributed by atoms with Crippen molar-refractivity contribution < 1.29 is 14.3 Å². The minimum Gasteiger partial charge on any atom is -0.391 e. The van der Waals surface area contributed by atoms with E-state index in [0.29, 0.717) is 17.7 Å². The molecule has 0 bridgehead atoms. The van der Waals surface area contributed by atoms with Crippen molar-refractivity contribution in [1.82, 2.24) is 20.4 Å². The van der Waals surface area contributed by atoms with Crippen LogP contribution in [0.2, 0.25) is 0 Å². The van der Waals surface area contributed by atoms with Crippen LogP contribution in [0.5, 0.6) is 0 Å². The van der Waals surface area contributed by atoms with Gasteiger partial charge in [0.05, 0.1) is 18.3 Å². The van der Waals surface area contributed by atoms with E-state index in [4.69, 9.17) is 0 Å². The Morgan fingerprint density at radius 1 is 1.44 bits per heavy atom. The van der Waals surface area contributed by atoms with Crippen molar-refractivity contribution in [2.24, 2.45) is 0 Å². The van der Waals surface area contributed by atoms with Gasteiger partial charge in [-0.3, -0.25) is 0 Å². The lowest BCUT2D eigenvalue weighted by molar-refractivity contribution is 0.160. The summed E-state index contributed by atoms with van der Waals surface area (Å²) in [6, 6.07) is 4.02. The van der Waals surface area contributed by atoms with Gasteiger partial charge in [0.2, 0.25) is 0 Å². The van der Waals surface area contributed by atoms with Crippen LogP contribution in [0, 0.1) is 12.7 Å². The predicted molar refractivity (Wildman–Crippen MR) is 94.1 cm³/mol. The van der Waals surface area contributed by atoms with Crippen LogP contribution >= 0.6 is 0 Å². The van der Waals surface area contributed by atoms with E-state index in [2.05, 4.69) is 15.7 Å². The highest BCUT2D eigenvalue weighted by Crippen LogP contribution is 2.19. The number of carbonyl (C=O) groups excluding carboxylic acids is 1. The normalized spacial score (nSPS) is 13.3. The number of aryl methyl sites for hydroxylation is 1. The van der Waals surface area contributed by atoms with Crippen LogP contribution < -0.4 is 10.6 Å². The first kappa shape index (κ1) is 18.9. The Labute approximate surface area is 147 Å². The average molecular weight is 348 g/mol. The van der Waals surface area contributed by atoms with Crippen molar-refractivity contribution in [2.45, 2.75) is 45.8 Å². The molecule has 0 spiro atoms. The number of aliphatic hydroxyl groups excluding tert-OH is 1. The number of carbonyl (C=O) groups is 1. The van der Waals surface area contributed by atoms with Crippen molar-refractivity contribution in [2.75, 3.05) is 6.54 Å². The second-order valence-electron chi connectivity index (χ2n) is 6.19. The number of halogens is 1. The summed E-state index contributed by atoms with van der Waals surface area (Å²) in [6.07, 6.45) is 4.33. The molecule has 0 aliphatic carbocycles. The minimum absolute atomic E-state index is 0.193. The summed E-state index contributed by atoms with van der Waals surface area (Å²) in [7, 11) is 0. The zero-order chi connectivity index (χ0) is 18.4. The van der Waals surface area contributed by atoms with Crippen LogP contribution in [0.3, 0.4) is 0 Å². The zero-order valence-electron chi connectivity index (χ0n) is 14.8. The Morgan fingerprint density at radius 3 is 2.80 bits per heavy atom. The summed E-state index contributed by atoms with van der Waals surface area (Å²) < 4.78 is 15.8. The van der Waals surface area contributed by atoms with Crippen LogP contribution in [0.1, 0.15) is 43.9 Å². The number of aromatic nitrogens is 2. The summed E-state index contributed by atoms with van der Waals surface area (Å²) >= 11 is 0. The summed E-state index contributed by atoms with van der Waals surface area (Å²) in [5.41, 5.74) is 1.95. The molecule has 1 aromatic carbocycles. The Bertz CT molecular complexity index is 717. The number of aliphatic hydroxyl groups is 1. The highest BCUT2D eigenvalue weighted by Gasteiger charge is 2.14. The summed E-state index contributed by atoms with van der Waals surface area (Å²) in [5.74, 6) is -0.409. The topological polar surface area (TPSA) is 79.2 Å². The van der Waals surface area contributed by atoms with Gasteiger partial charge >= 0.3 is 6.03 Å². The fourth-order valence-electron chi connectivity index (χ4n) is 2.50. The molecule has 2 atom stereocenters. The Kier molecular flexibility index (Phi) is 6.52. The number of nitrogens with one attached hydrogen (secondary N) is 2. The second-order valence-corrected chi connectivity index (χ2v) is 6.19. The molecule has 2 unspecified atom stereocenters. The Balaban J connectivity index is 1.96. The molecule has 0 saturated carbocycles. The number of urea groups is 1. The summed E-state index contributed by atoms with van der Waals surface area (Å²) in [5, 5.41) is 19.1. The molecule has 136 valence electrons. The van der Waals surface area contributed by atoms with Gasteiger partial charge in [-0.15, -0.1) is 0 Å². The van der Waals surface area contributed by atoms with Crippen molar-refractivity contribution in [1.29, 1.82) is 0 Å². The molecule has 1 heterocycles. The second kappa shape index (κ2) is 8.62. The average Bonchev–Trinajstić information content (AvgIpc) is 2.99. The Hall–Kier alpha value is -2.41.